The van der Waals surface area contributed by atoms with Crippen molar-refractivity contribution in [1.82, 2.24) is 4.90 Å². The number of likely N-dealkylation sites (tertiary alicyclic amines) is 1. The van der Waals surface area contributed by atoms with Crippen LogP contribution in [0.25, 0.3) is 0 Å². The predicted octanol–water partition coefficient (Wildman–Crippen LogP) is 1.36. The summed E-state index contributed by atoms with van der Waals surface area (Å²) in [6.07, 6.45) is 4.33. The van der Waals surface area contributed by atoms with Crippen LogP contribution in [0.3, 0.4) is 0 Å². The quantitative estimate of drug-likeness (QED) is 0.809. The molecule has 3 unspecified atom stereocenters. The first-order chi connectivity index (χ1) is 8.88. The Bertz CT molecular complexity index is 398. The Morgan fingerprint density at radius 3 is 2.53 bits per heavy atom. The van der Waals surface area contributed by atoms with E-state index in [1.807, 2.05) is 13.8 Å². The molecule has 1 aliphatic heterocycles. The lowest BCUT2D eigenvalue weighted by atomic mass is 9.81. The topological polar surface area (TPSA) is 83.6 Å². The number of carboxylic acid groups (broad SMARTS) is 1. The highest BCUT2D eigenvalue weighted by Crippen LogP contribution is 2.43. The number of nitrogens with zero attached hydrogens (tertiary/aromatic N) is 1. The summed E-state index contributed by atoms with van der Waals surface area (Å²) in [6.45, 7) is 4.28. The Labute approximate surface area is 114 Å². The highest BCUT2D eigenvalue weighted by molar-refractivity contribution is 5.91. The first kappa shape index (κ1) is 14.3. The fraction of sp³-hybridized carbons (Fsp3) is 0.857. The molecule has 0 aromatic heterocycles. The van der Waals surface area contributed by atoms with Gasteiger partial charge in [0.05, 0.1) is 5.41 Å². The van der Waals surface area contributed by atoms with Gasteiger partial charge in [-0.05, 0) is 39.0 Å². The zero-order chi connectivity index (χ0) is 14.3. The molecule has 2 aliphatic rings. The van der Waals surface area contributed by atoms with Gasteiger partial charge in [-0.25, -0.2) is 4.79 Å². The number of hydrogen-bond donors (Lipinski definition) is 2. The maximum absolute atomic E-state index is 12.8. The van der Waals surface area contributed by atoms with Crippen molar-refractivity contribution in [3.8, 4) is 0 Å². The van der Waals surface area contributed by atoms with Gasteiger partial charge < -0.3 is 15.7 Å². The van der Waals surface area contributed by atoms with Crippen LogP contribution in [0.2, 0.25) is 0 Å². The molecule has 5 heteroatoms. The van der Waals surface area contributed by atoms with E-state index < -0.39 is 16.9 Å². The van der Waals surface area contributed by atoms with Crippen LogP contribution in [-0.2, 0) is 9.59 Å². The van der Waals surface area contributed by atoms with Gasteiger partial charge in [0.1, 0.15) is 5.54 Å². The minimum Gasteiger partial charge on any atom is -0.479 e. The molecule has 108 valence electrons. The molecular weight excluding hydrogens is 244 g/mol. The van der Waals surface area contributed by atoms with Crippen LogP contribution in [0, 0.1) is 5.41 Å². The van der Waals surface area contributed by atoms with Crippen LogP contribution in [0.4, 0.5) is 0 Å². The molecule has 2 fully saturated rings. The molecule has 0 aromatic carbocycles. The van der Waals surface area contributed by atoms with E-state index >= 15 is 0 Å². The molecule has 0 radical (unpaired) electrons. The molecule has 1 heterocycles. The summed E-state index contributed by atoms with van der Waals surface area (Å²) < 4.78 is 0. The maximum atomic E-state index is 12.8. The second-order valence-electron chi connectivity index (χ2n) is 6.17. The zero-order valence-corrected chi connectivity index (χ0v) is 11.8. The first-order valence-corrected chi connectivity index (χ1v) is 7.19. The molecule has 0 spiro atoms. The largest absolute Gasteiger partial charge is 0.479 e. The fourth-order valence-electron chi connectivity index (χ4n) is 3.68. The number of nitrogens with two attached hydrogens (primary N) is 1. The molecule has 5 nitrogen and oxygen atoms in total. The van der Waals surface area contributed by atoms with E-state index in [0.717, 1.165) is 25.7 Å². The fourth-order valence-corrected chi connectivity index (χ4v) is 3.68. The number of carbonyl (C=O) groups excluding carboxylic acids is 1. The highest BCUT2D eigenvalue weighted by Gasteiger charge is 2.54. The van der Waals surface area contributed by atoms with Crippen molar-refractivity contribution in [3.63, 3.8) is 0 Å². The van der Waals surface area contributed by atoms with Crippen LogP contribution in [0.5, 0.6) is 0 Å². The number of rotatable bonds is 3. The molecular formula is C14H24N2O3. The number of aliphatic carboxylic acids is 1. The average molecular weight is 268 g/mol. The Morgan fingerprint density at radius 1 is 1.37 bits per heavy atom. The van der Waals surface area contributed by atoms with Gasteiger partial charge in [-0.15, -0.1) is 0 Å². The van der Waals surface area contributed by atoms with Gasteiger partial charge in [0.15, 0.2) is 0 Å². The smallest absolute Gasteiger partial charge is 0.329 e. The van der Waals surface area contributed by atoms with Crippen LogP contribution >= 0.6 is 0 Å². The SMILES string of the molecule is CCC1(C(=O)O)CCCN1C(=O)C1(C)CCCC1N. The minimum absolute atomic E-state index is 0.0562. The summed E-state index contributed by atoms with van der Waals surface area (Å²) in [5.74, 6) is -0.935. The van der Waals surface area contributed by atoms with Crippen LogP contribution in [0.1, 0.15) is 52.4 Å². The minimum atomic E-state index is -1.01. The van der Waals surface area contributed by atoms with E-state index in [9.17, 15) is 14.7 Å². The molecule has 1 aliphatic carbocycles. The van der Waals surface area contributed by atoms with Gasteiger partial charge in [0.25, 0.3) is 0 Å². The summed E-state index contributed by atoms with van der Waals surface area (Å²) in [5, 5.41) is 9.55. The Morgan fingerprint density at radius 2 is 2.05 bits per heavy atom. The molecule has 1 saturated heterocycles. The van der Waals surface area contributed by atoms with Crippen LogP contribution in [0.15, 0.2) is 0 Å². The summed E-state index contributed by atoms with van der Waals surface area (Å²) >= 11 is 0. The van der Waals surface area contributed by atoms with Gasteiger partial charge in [-0.3, -0.25) is 4.79 Å². The third-order valence-electron chi connectivity index (χ3n) is 5.24. The van der Waals surface area contributed by atoms with E-state index in [4.69, 9.17) is 5.73 Å². The van der Waals surface area contributed by atoms with Gasteiger partial charge in [-0.2, -0.15) is 0 Å². The lowest BCUT2D eigenvalue weighted by Gasteiger charge is -2.40. The second kappa shape index (κ2) is 4.78. The highest BCUT2D eigenvalue weighted by atomic mass is 16.4. The number of carbonyl (C=O) groups is 2. The van der Waals surface area contributed by atoms with E-state index in [-0.39, 0.29) is 11.9 Å². The molecule has 3 atom stereocenters. The van der Waals surface area contributed by atoms with Gasteiger partial charge >= 0.3 is 5.97 Å². The Kier molecular flexibility index (Phi) is 3.60. The number of amides is 1. The van der Waals surface area contributed by atoms with Crippen molar-refractivity contribution in [2.45, 2.75) is 64.0 Å². The normalized spacial score (nSPS) is 38.7. The van der Waals surface area contributed by atoms with Gasteiger partial charge in [-0.1, -0.05) is 13.3 Å². The molecule has 3 N–H and O–H groups in total. The van der Waals surface area contributed by atoms with E-state index in [1.165, 1.54) is 0 Å². The van der Waals surface area contributed by atoms with Crippen LogP contribution in [-0.4, -0.2) is 40.0 Å². The summed E-state index contributed by atoms with van der Waals surface area (Å²) in [5.41, 5.74) is 4.50. The standard InChI is InChI=1S/C14H24N2O3/c1-3-14(12(18)19)8-5-9-16(14)11(17)13(2)7-4-6-10(13)15/h10H,3-9,15H2,1-2H3,(H,18,19). The van der Waals surface area contributed by atoms with Crippen LogP contribution < -0.4 is 5.73 Å². The Balaban J connectivity index is 2.30. The van der Waals surface area contributed by atoms with Crippen molar-refractivity contribution in [2.75, 3.05) is 6.54 Å². The van der Waals surface area contributed by atoms with Crippen molar-refractivity contribution < 1.29 is 14.7 Å². The average Bonchev–Trinajstić information content (AvgIpc) is 2.94. The van der Waals surface area contributed by atoms with E-state index in [0.29, 0.717) is 19.4 Å². The first-order valence-electron chi connectivity index (χ1n) is 7.19. The predicted molar refractivity (Wildman–Crippen MR) is 71.5 cm³/mol. The number of hydrogen-bond acceptors (Lipinski definition) is 3. The third kappa shape index (κ3) is 1.95. The van der Waals surface area contributed by atoms with Crippen molar-refractivity contribution in [3.05, 3.63) is 0 Å². The molecule has 19 heavy (non-hydrogen) atoms. The molecule has 0 aromatic rings. The third-order valence-corrected chi connectivity index (χ3v) is 5.24. The summed E-state index contributed by atoms with van der Waals surface area (Å²) in [6, 6.07) is -0.149. The Hall–Kier alpha value is -1.10. The van der Waals surface area contributed by atoms with Crippen molar-refractivity contribution in [2.24, 2.45) is 11.1 Å². The molecule has 2 rings (SSSR count). The van der Waals surface area contributed by atoms with Gasteiger partial charge in [0, 0.05) is 12.6 Å². The van der Waals surface area contributed by atoms with Crippen molar-refractivity contribution >= 4 is 11.9 Å². The summed E-state index contributed by atoms with van der Waals surface area (Å²) in [7, 11) is 0. The monoisotopic (exact) mass is 268 g/mol. The van der Waals surface area contributed by atoms with E-state index in [1.54, 1.807) is 4.90 Å². The summed E-state index contributed by atoms with van der Waals surface area (Å²) in [4.78, 5) is 26.1. The lowest BCUT2D eigenvalue weighted by molar-refractivity contribution is -0.161. The van der Waals surface area contributed by atoms with E-state index in [2.05, 4.69) is 0 Å². The maximum Gasteiger partial charge on any atom is 0.329 e. The second-order valence-corrected chi connectivity index (χ2v) is 6.17. The molecule has 0 bridgehead atoms. The number of carboxylic acids is 1. The van der Waals surface area contributed by atoms with Crippen molar-refractivity contribution in [1.29, 1.82) is 0 Å². The molecule has 1 saturated carbocycles. The molecule has 1 amide bonds. The lowest BCUT2D eigenvalue weighted by Crippen LogP contribution is -2.58. The van der Waals surface area contributed by atoms with Gasteiger partial charge in [0.2, 0.25) is 5.91 Å². The zero-order valence-electron chi connectivity index (χ0n) is 11.8.